The highest BCUT2D eigenvalue weighted by Gasteiger charge is 2.16. The molecule has 4 heteroatoms. The summed E-state index contributed by atoms with van der Waals surface area (Å²) in [7, 11) is 0. The summed E-state index contributed by atoms with van der Waals surface area (Å²) in [6.07, 6.45) is 3.32. The number of H-pyrrole nitrogens is 1. The maximum Gasteiger partial charge on any atom is 0.198 e. The van der Waals surface area contributed by atoms with Crippen LogP contribution in [0.2, 0.25) is 0 Å². The van der Waals surface area contributed by atoms with Crippen molar-refractivity contribution in [3.05, 3.63) is 53.6 Å². The molecule has 0 bridgehead atoms. The number of carbonyl (C=O) groups excluding carboxylic acids is 1. The van der Waals surface area contributed by atoms with Crippen LogP contribution in [0.15, 0.2) is 41.1 Å². The normalized spacial score (nSPS) is 11.2. The van der Waals surface area contributed by atoms with Crippen LogP contribution in [-0.4, -0.2) is 16.9 Å². The second kappa shape index (κ2) is 5.13. The van der Waals surface area contributed by atoms with Gasteiger partial charge in [-0.2, -0.15) is 0 Å². The van der Waals surface area contributed by atoms with E-state index in [1.807, 2.05) is 39.0 Å². The van der Waals surface area contributed by atoms with E-state index in [4.69, 9.17) is 9.15 Å². The molecular weight excluding hydrogens is 266 g/mol. The molecule has 1 N–H and O–H groups in total. The molecule has 3 rings (SSSR count). The molecule has 1 aromatic carbocycles. The minimum absolute atomic E-state index is 0.0557. The number of fused-ring (bicyclic) bond motifs is 1. The Morgan fingerprint density at radius 3 is 2.76 bits per heavy atom. The average Bonchev–Trinajstić information content (AvgIpc) is 3.03. The zero-order chi connectivity index (χ0) is 15.0. The lowest BCUT2D eigenvalue weighted by Gasteiger charge is -2.09. The summed E-state index contributed by atoms with van der Waals surface area (Å²) in [4.78, 5) is 15.7. The number of hydrogen-bond donors (Lipinski definition) is 1. The minimum atomic E-state index is -0.0557. The molecule has 0 aliphatic carbocycles. The van der Waals surface area contributed by atoms with Crippen molar-refractivity contribution in [2.24, 2.45) is 0 Å². The second-order valence-electron chi connectivity index (χ2n) is 5.35. The molecular formula is C17H17NO3. The molecule has 2 heterocycles. The molecule has 108 valence electrons. The van der Waals surface area contributed by atoms with Gasteiger partial charge in [-0.15, -0.1) is 0 Å². The summed E-state index contributed by atoms with van der Waals surface area (Å²) < 4.78 is 10.9. The lowest BCUT2D eigenvalue weighted by atomic mass is 10.0. The number of ketones is 1. The highest BCUT2D eigenvalue weighted by molar-refractivity contribution is 6.16. The number of carbonyl (C=O) groups is 1. The molecule has 0 spiro atoms. The van der Waals surface area contributed by atoms with E-state index in [-0.39, 0.29) is 11.9 Å². The molecule has 0 aliphatic rings. The summed E-state index contributed by atoms with van der Waals surface area (Å²) >= 11 is 0. The standard InChI is InChI=1S/C17H17NO3/c1-10(2)21-13-4-5-16-14(7-13)15(8-18-16)17(19)12-6-11(3)20-9-12/h4-10,18H,1-3H3. The van der Waals surface area contributed by atoms with E-state index in [9.17, 15) is 4.79 Å². The van der Waals surface area contributed by atoms with E-state index in [0.29, 0.717) is 11.1 Å². The predicted octanol–water partition coefficient (Wildman–Crippen LogP) is 4.09. The van der Waals surface area contributed by atoms with Crippen LogP contribution in [-0.2, 0) is 0 Å². The number of ether oxygens (including phenoxy) is 1. The van der Waals surface area contributed by atoms with Crippen molar-refractivity contribution in [3.8, 4) is 5.75 Å². The summed E-state index contributed by atoms with van der Waals surface area (Å²) in [5, 5.41) is 0.858. The smallest absolute Gasteiger partial charge is 0.198 e. The Balaban J connectivity index is 2.04. The van der Waals surface area contributed by atoms with Gasteiger partial charge in [-0.25, -0.2) is 0 Å². The molecule has 2 aromatic heterocycles. The quantitative estimate of drug-likeness (QED) is 0.734. The van der Waals surface area contributed by atoms with Crippen molar-refractivity contribution in [2.45, 2.75) is 26.9 Å². The monoisotopic (exact) mass is 283 g/mol. The second-order valence-corrected chi connectivity index (χ2v) is 5.35. The highest BCUT2D eigenvalue weighted by atomic mass is 16.5. The van der Waals surface area contributed by atoms with Crippen molar-refractivity contribution < 1.29 is 13.9 Å². The topological polar surface area (TPSA) is 55.2 Å². The molecule has 0 atom stereocenters. The summed E-state index contributed by atoms with van der Waals surface area (Å²) in [5.41, 5.74) is 2.10. The number of nitrogens with one attached hydrogen (secondary N) is 1. The van der Waals surface area contributed by atoms with Gasteiger partial charge < -0.3 is 14.1 Å². The number of rotatable bonds is 4. The average molecular weight is 283 g/mol. The molecule has 0 saturated carbocycles. The molecule has 21 heavy (non-hydrogen) atoms. The van der Waals surface area contributed by atoms with Gasteiger partial charge in [-0.1, -0.05) is 0 Å². The molecule has 4 nitrogen and oxygen atoms in total. The molecule has 0 unspecified atom stereocenters. The predicted molar refractivity (Wildman–Crippen MR) is 80.9 cm³/mol. The Morgan fingerprint density at radius 1 is 1.29 bits per heavy atom. The Hall–Kier alpha value is -2.49. The van der Waals surface area contributed by atoms with Crippen LogP contribution in [0.5, 0.6) is 5.75 Å². The molecule has 0 radical (unpaired) electrons. The van der Waals surface area contributed by atoms with E-state index in [2.05, 4.69) is 4.98 Å². The summed E-state index contributed by atoms with van der Waals surface area (Å²) in [6.45, 7) is 5.77. The first-order valence-electron chi connectivity index (χ1n) is 6.92. The van der Waals surface area contributed by atoms with Crippen LogP contribution in [0.25, 0.3) is 10.9 Å². The summed E-state index contributed by atoms with van der Waals surface area (Å²) in [5.74, 6) is 1.43. The SMILES string of the molecule is Cc1cc(C(=O)c2c[nH]c3ccc(OC(C)C)cc23)co1. The van der Waals surface area contributed by atoms with Crippen molar-refractivity contribution in [3.63, 3.8) is 0 Å². The highest BCUT2D eigenvalue weighted by Crippen LogP contribution is 2.26. The number of aryl methyl sites for hydroxylation is 1. The fourth-order valence-corrected chi connectivity index (χ4v) is 2.35. The van der Waals surface area contributed by atoms with Gasteiger partial charge in [0.2, 0.25) is 0 Å². The molecule has 0 amide bonds. The van der Waals surface area contributed by atoms with Crippen molar-refractivity contribution >= 4 is 16.7 Å². The minimum Gasteiger partial charge on any atom is -0.491 e. The van der Waals surface area contributed by atoms with Gasteiger partial charge in [0.05, 0.1) is 11.7 Å². The lowest BCUT2D eigenvalue weighted by Crippen LogP contribution is -2.05. The van der Waals surface area contributed by atoms with Gasteiger partial charge in [0.25, 0.3) is 0 Å². The first-order valence-corrected chi connectivity index (χ1v) is 6.92. The third-order valence-electron chi connectivity index (χ3n) is 3.26. The van der Waals surface area contributed by atoms with Crippen LogP contribution in [0, 0.1) is 6.92 Å². The van der Waals surface area contributed by atoms with Gasteiger partial charge >= 0.3 is 0 Å². The molecule has 3 aromatic rings. The number of furan rings is 1. The maximum atomic E-state index is 12.5. The first-order chi connectivity index (χ1) is 10.0. The van der Waals surface area contributed by atoms with E-state index < -0.39 is 0 Å². The number of aromatic amines is 1. The maximum absolute atomic E-state index is 12.5. The molecule has 0 saturated heterocycles. The number of aromatic nitrogens is 1. The Bertz CT molecular complexity index is 795. The molecule has 0 aliphatic heterocycles. The third-order valence-corrected chi connectivity index (χ3v) is 3.26. The van der Waals surface area contributed by atoms with Gasteiger partial charge in [0.15, 0.2) is 5.78 Å². The van der Waals surface area contributed by atoms with Crippen LogP contribution >= 0.6 is 0 Å². The number of hydrogen-bond acceptors (Lipinski definition) is 3. The molecule has 0 fully saturated rings. The van der Waals surface area contributed by atoms with Gasteiger partial charge in [0.1, 0.15) is 17.8 Å². The Kier molecular flexibility index (Phi) is 3.29. The van der Waals surface area contributed by atoms with E-state index in [0.717, 1.165) is 22.4 Å². The third kappa shape index (κ3) is 2.57. The van der Waals surface area contributed by atoms with E-state index in [1.165, 1.54) is 6.26 Å². The van der Waals surface area contributed by atoms with Crippen molar-refractivity contribution in [1.29, 1.82) is 0 Å². The van der Waals surface area contributed by atoms with Crippen LogP contribution in [0.3, 0.4) is 0 Å². The fraction of sp³-hybridized carbons (Fsp3) is 0.235. The summed E-state index contributed by atoms with van der Waals surface area (Å²) in [6, 6.07) is 7.46. The lowest BCUT2D eigenvalue weighted by molar-refractivity contribution is 0.103. The van der Waals surface area contributed by atoms with Gasteiger partial charge in [0, 0.05) is 22.7 Å². The van der Waals surface area contributed by atoms with Crippen molar-refractivity contribution in [1.82, 2.24) is 4.98 Å². The number of benzene rings is 1. The Morgan fingerprint density at radius 2 is 2.10 bits per heavy atom. The zero-order valence-electron chi connectivity index (χ0n) is 12.3. The van der Waals surface area contributed by atoms with Crippen molar-refractivity contribution in [2.75, 3.05) is 0 Å². The Labute approximate surface area is 122 Å². The zero-order valence-corrected chi connectivity index (χ0v) is 12.3. The van der Waals surface area contributed by atoms with Crippen LogP contribution in [0.4, 0.5) is 0 Å². The largest absolute Gasteiger partial charge is 0.491 e. The van der Waals surface area contributed by atoms with Crippen LogP contribution < -0.4 is 4.74 Å². The van der Waals surface area contributed by atoms with Crippen LogP contribution in [0.1, 0.15) is 35.5 Å². The van der Waals surface area contributed by atoms with E-state index in [1.54, 1.807) is 12.3 Å². The van der Waals surface area contributed by atoms with Gasteiger partial charge in [-0.05, 0) is 45.0 Å². The van der Waals surface area contributed by atoms with Gasteiger partial charge in [-0.3, -0.25) is 4.79 Å². The van der Waals surface area contributed by atoms with E-state index >= 15 is 0 Å². The fourth-order valence-electron chi connectivity index (χ4n) is 2.35. The first kappa shape index (κ1) is 13.5.